The number of anilines is 1. The van der Waals surface area contributed by atoms with Gasteiger partial charge in [-0.15, -0.1) is 24.8 Å². The molecule has 1 aromatic carbocycles. The number of hydrogen-bond donors (Lipinski definition) is 3. The summed E-state index contributed by atoms with van der Waals surface area (Å²) in [5.41, 5.74) is 4.88. The van der Waals surface area contributed by atoms with E-state index in [9.17, 15) is 4.79 Å². The predicted molar refractivity (Wildman–Crippen MR) is 114 cm³/mol. The van der Waals surface area contributed by atoms with Crippen molar-refractivity contribution in [2.45, 2.75) is 32.4 Å². The Bertz CT molecular complexity index is 870. The van der Waals surface area contributed by atoms with Crippen LogP contribution in [0.4, 0.5) is 5.69 Å². The lowest BCUT2D eigenvalue weighted by Gasteiger charge is -2.06. The molecule has 2 aromatic heterocycles. The van der Waals surface area contributed by atoms with Crippen LogP contribution < -0.4 is 10.6 Å². The summed E-state index contributed by atoms with van der Waals surface area (Å²) in [6.07, 6.45) is 5.55. The van der Waals surface area contributed by atoms with Crippen LogP contribution in [0, 0.1) is 0 Å². The second-order valence-electron chi connectivity index (χ2n) is 6.47. The predicted octanol–water partition coefficient (Wildman–Crippen LogP) is 3.18. The van der Waals surface area contributed by atoms with Crippen molar-refractivity contribution in [2.75, 3.05) is 11.9 Å². The lowest BCUT2D eigenvalue weighted by Crippen LogP contribution is -2.13. The molecular formula is C19H24Cl2N6O. The number of hydrogen-bond acceptors (Lipinski definition) is 4. The van der Waals surface area contributed by atoms with Crippen LogP contribution in [0.2, 0.25) is 0 Å². The lowest BCUT2D eigenvalue weighted by molar-refractivity contribution is -0.116. The van der Waals surface area contributed by atoms with Gasteiger partial charge in [0, 0.05) is 37.2 Å². The number of fused-ring (bicyclic) bond motifs is 1. The zero-order chi connectivity index (χ0) is 17.8. The molecule has 3 heterocycles. The summed E-state index contributed by atoms with van der Waals surface area (Å²) >= 11 is 0. The Morgan fingerprint density at radius 2 is 2.14 bits per heavy atom. The number of nitrogens with one attached hydrogen (secondary N) is 3. The molecule has 0 radical (unpaired) electrons. The number of halogens is 2. The molecule has 3 aromatic rings. The second kappa shape index (κ2) is 10.3. The molecule has 9 heteroatoms. The van der Waals surface area contributed by atoms with Gasteiger partial charge in [-0.25, -0.2) is 4.98 Å². The van der Waals surface area contributed by atoms with Gasteiger partial charge in [-0.05, 0) is 31.2 Å². The number of aromatic nitrogens is 4. The van der Waals surface area contributed by atoms with E-state index < -0.39 is 0 Å². The average Bonchev–Trinajstić information content (AvgIpc) is 3.26. The SMILES string of the molecule is Cl.Cl.O=C(CCc1cc2n(n1)CCCNC2)Nc1cccc(-c2cnc[nH]2)c1. The van der Waals surface area contributed by atoms with Crippen molar-refractivity contribution >= 4 is 36.4 Å². The highest BCUT2D eigenvalue weighted by Crippen LogP contribution is 2.20. The Kier molecular flexibility index (Phi) is 8.04. The maximum atomic E-state index is 12.3. The number of benzene rings is 1. The van der Waals surface area contributed by atoms with Crippen molar-refractivity contribution < 1.29 is 4.79 Å². The molecule has 0 aliphatic carbocycles. The highest BCUT2D eigenvalue weighted by atomic mass is 35.5. The number of amides is 1. The van der Waals surface area contributed by atoms with Gasteiger partial charge in [-0.2, -0.15) is 5.10 Å². The quantitative estimate of drug-likeness (QED) is 0.588. The Morgan fingerprint density at radius 1 is 1.25 bits per heavy atom. The number of aryl methyl sites for hydroxylation is 2. The molecule has 1 aliphatic heterocycles. The van der Waals surface area contributed by atoms with E-state index in [0.717, 1.165) is 48.7 Å². The fourth-order valence-corrected chi connectivity index (χ4v) is 3.19. The van der Waals surface area contributed by atoms with Gasteiger partial charge in [0.25, 0.3) is 0 Å². The average molecular weight is 423 g/mol. The maximum absolute atomic E-state index is 12.3. The van der Waals surface area contributed by atoms with Gasteiger partial charge >= 0.3 is 0 Å². The van der Waals surface area contributed by atoms with E-state index in [1.807, 2.05) is 24.3 Å². The standard InChI is InChI=1S/C19H22N6O.2ClH/c26-19(6-5-16-10-17-11-20-7-2-8-25(17)24-16)23-15-4-1-3-14(9-15)18-12-21-13-22-18;;/h1,3-4,9-10,12-13,20H,2,5-8,11H2,(H,21,22)(H,23,26);2*1H. The van der Waals surface area contributed by atoms with Crippen LogP contribution in [0.5, 0.6) is 0 Å². The van der Waals surface area contributed by atoms with Crippen LogP contribution >= 0.6 is 24.8 Å². The number of nitrogens with zero attached hydrogens (tertiary/aromatic N) is 3. The Hall–Kier alpha value is -2.35. The molecule has 0 bridgehead atoms. The normalized spacial score (nSPS) is 12.9. The molecule has 0 fully saturated rings. The summed E-state index contributed by atoms with van der Waals surface area (Å²) < 4.78 is 2.06. The van der Waals surface area contributed by atoms with E-state index in [-0.39, 0.29) is 30.7 Å². The maximum Gasteiger partial charge on any atom is 0.224 e. The number of imidazole rings is 1. The van der Waals surface area contributed by atoms with Gasteiger partial charge in [-0.3, -0.25) is 9.48 Å². The molecular weight excluding hydrogens is 399 g/mol. The number of rotatable bonds is 5. The van der Waals surface area contributed by atoms with Crippen molar-refractivity contribution in [3.05, 3.63) is 54.2 Å². The van der Waals surface area contributed by atoms with Crippen molar-refractivity contribution in [3.8, 4) is 11.3 Å². The van der Waals surface area contributed by atoms with Crippen molar-refractivity contribution in [1.29, 1.82) is 0 Å². The van der Waals surface area contributed by atoms with Crippen LogP contribution in [0.1, 0.15) is 24.2 Å². The third-order valence-electron chi connectivity index (χ3n) is 4.51. The first-order valence-corrected chi connectivity index (χ1v) is 8.93. The number of carbonyl (C=O) groups is 1. The Morgan fingerprint density at radius 3 is 2.96 bits per heavy atom. The van der Waals surface area contributed by atoms with Gasteiger partial charge in [0.1, 0.15) is 0 Å². The molecule has 0 atom stereocenters. The van der Waals surface area contributed by atoms with Crippen molar-refractivity contribution in [2.24, 2.45) is 0 Å². The number of carbonyl (C=O) groups excluding carboxylic acids is 1. The van der Waals surface area contributed by atoms with Crippen LogP contribution in [-0.4, -0.2) is 32.2 Å². The van der Waals surface area contributed by atoms with Crippen molar-refractivity contribution in [3.63, 3.8) is 0 Å². The fraction of sp³-hybridized carbons (Fsp3) is 0.316. The summed E-state index contributed by atoms with van der Waals surface area (Å²) in [5.74, 6) is -0.00641. The van der Waals surface area contributed by atoms with Crippen LogP contribution in [0.3, 0.4) is 0 Å². The minimum absolute atomic E-state index is 0. The zero-order valence-electron chi connectivity index (χ0n) is 15.4. The first-order chi connectivity index (χ1) is 12.8. The van der Waals surface area contributed by atoms with Gasteiger partial charge in [0.2, 0.25) is 5.91 Å². The minimum Gasteiger partial charge on any atom is -0.345 e. The van der Waals surface area contributed by atoms with Crippen LogP contribution in [0.15, 0.2) is 42.9 Å². The number of H-pyrrole nitrogens is 1. The summed E-state index contributed by atoms with van der Waals surface area (Å²) in [6.45, 7) is 2.81. The van der Waals surface area contributed by atoms with Crippen molar-refractivity contribution in [1.82, 2.24) is 25.1 Å². The minimum atomic E-state index is -0.00641. The van der Waals surface area contributed by atoms with E-state index in [1.165, 1.54) is 5.69 Å². The lowest BCUT2D eigenvalue weighted by atomic mass is 10.1. The Balaban J connectivity index is 0.00000140. The highest BCUT2D eigenvalue weighted by molar-refractivity contribution is 5.91. The summed E-state index contributed by atoms with van der Waals surface area (Å²) in [6, 6.07) is 9.84. The first-order valence-electron chi connectivity index (χ1n) is 8.93. The second-order valence-corrected chi connectivity index (χ2v) is 6.47. The molecule has 0 unspecified atom stereocenters. The molecule has 0 saturated carbocycles. The number of aromatic amines is 1. The monoisotopic (exact) mass is 422 g/mol. The first kappa shape index (κ1) is 21.9. The van der Waals surface area contributed by atoms with Gasteiger partial charge in [0.05, 0.1) is 29.6 Å². The zero-order valence-corrected chi connectivity index (χ0v) is 17.0. The largest absolute Gasteiger partial charge is 0.345 e. The molecule has 7 nitrogen and oxygen atoms in total. The van der Waals surface area contributed by atoms with Gasteiger partial charge in [0.15, 0.2) is 0 Å². The molecule has 28 heavy (non-hydrogen) atoms. The highest BCUT2D eigenvalue weighted by Gasteiger charge is 2.12. The fourth-order valence-electron chi connectivity index (χ4n) is 3.19. The summed E-state index contributed by atoms with van der Waals surface area (Å²) in [5, 5.41) is 11.0. The van der Waals surface area contributed by atoms with Gasteiger partial charge < -0.3 is 15.6 Å². The van der Waals surface area contributed by atoms with Crippen LogP contribution in [-0.2, 0) is 24.3 Å². The molecule has 1 amide bonds. The molecule has 0 saturated heterocycles. The Labute approximate surface area is 176 Å². The summed E-state index contributed by atoms with van der Waals surface area (Å²) in [4.78, 5) is 19.4. The third kappa shape index (κ3) is 5.34. The smallest absolute Gasteiger partial charge is 0.224 e. The van der Waals surface area contributed by atoms with E-state index >= 15 is 0 Å². The molecule has 4 rings (SSSR count). The topological polar surface area (TPSA) is 87.6 Å². The van der Waals surface area contributed by atoms with Crippen LogP contribution in [0.25, 0.3) is 11.3 Å². The molecule has 3 N–H and O–H groups in total. The molecule has 150 valence electrons. The molecule has 1 aliphatic rings. The van der Waals surface area contributed by atoms with E-state index in [2.05, 4.69) is 36.4 Å². The van der Waals surface area contributed by atoms with E-state index in [1.54, 1.807) is 12.5 Å². The van der Waals surface area contributed by atoms with Gasteiger partial charge in [-0.1, -0.05) is 12.1 Å². The summed E-state index contributed by atoms with van der Waals surface area (Å²) in [7, 11) is 0. The van der Waals surface area contributed by atoms with E-state index in [0.29, 0.717) is 12.8 Å². The third-order valence-corrected chi connectivity index (χ3v) is 4.51. The molecule has 0 spiro atoms. The van der Waals surface area contributed by atoms with E-state index in [4.69, 9.17) is 0 Å².